The monoisotopic (exact) mass is 405 g/mol. The minimum absolute atomic E-state index is 0.212. The van der Waals surface area contributed by atoms with Gasteiger partial charge in [0.05, 0.1) is 17.3 Å². The Morgan fingerprint density at radius 1 is 1.32 bits per heavy atom. The molecule has 0 spiro atoms. The van der Waals surface area contributed by atoms with Gasteiger partial charge in [-0.1, -0.05) is 16.8 Å². The molecule has 9 heteroatoms. The molecular formula is C19H20ClN3O5. The molecule has 0 fully saturated rings. The van der Waals surface area contributed by atoms with Crippen LogP contribution in [0.1, 0.15) is 31.0 Å². The molecule has 3 rings (SSSR count). The number of carbonyl (C=O) groups excluding carboxylic acids is 2. The Morgan fingerprint density at radius 3 is 2.79 bits per heavy atom. The van der Waals surface area contributed by atoms with Crippen LogP contribution in [0.2, 0.25) is 5.02 Å². The fraction of sp³-hybridized carbons (Fsp3) is 0.316. The number of H-pyrrole nitrogens is 1. The third kappa shape index (κ3) is 4.83. The van der Waals surface area contributed by atoms with Gasteiger partial charge in [-0.25, -0.2) is 0 Å². The third-order valence-electron chi connectivity index (χ3n) is 3.94. The van der Waals surface area contributed by atoms with Crippen LogP contribution in [0.25, 0.3) is 10.9 Å². The van der Waals surface area contributed by atoms with Crippen molar-refractivity contribution in [3.8, 4) is 5.75 Å². The maximum Gasteiger partial charge on any atom is 0.303 e. The number of hydrogen-bond acceptors (Lipinski definition) is 6. The Bertz CT molecular complexity index is 1010. The number of fused-ring (bicyclic) bond motifs is 1. The molecule has 1 aromatic carbocycles. The fourth-order valence-electron chi connectivity index (χ4n) is 2.66. The van der Waals surface area contributed by atoms with Crippen LogP contribution < -0.4 is 10.1 Å². The summed E-state index contributed by atoms with van der Waals surface area (Å²) in [5, 5.41) is 7.86. The van der Waals surface area contributed by atoms with Crippen LogP contribution in [0.3, 0.4) is 0 Å². The second-order valence-corrected chi connectivity index (χ2v) is 6.76. The second kappa shape index (κ2) is 8.35. The Morgan fingerprint density at radius 2 is 2.11 bits per heavy atom. The number of rotatable bonds is 7. The quantitative estimate of drug-likeness (QED) is 0.584. The van der Waals surface area contributed by atoms with Crippen molar-refractivity contribution in [2.45, 2.75) is 40.0 Å². The lowest BCUT2D eigenvalue weighted by Gasteiger charge is -2.11. The van der Waals surface area contributed by atoms with Crippen molar-refractivity contribution in [1.29, 1.82) is 0 Å². The zero-order chi connectivity index (χ0) is 20.3. The average molecular weight is 406 g/mol. The topological polar surface area (TPSA) is 106 Å². The SMILES string of the molecule is CC(=O)OC(C)C(=O)NCc1cc2cc(Cl)c(OCc3cc(C)no3)cc2[nH]1. The van der Waals surface area contributed by atoms with E-state index in [4.69, 9.17) is 25.6 Å². The highest BCUT2D eigenvalue weighted by Crippen LogP contribution is 2.31. The first-order valence-corrected chi connectivity index (χ1v) is 9.00. The minimum atomic E-state index is -0.851. The van der Waals surface area contributed by atoms with Crippen LogP contribution in [0, 0.1) is 6.92 Å². The van der Waals surface area contributed by atoms with E-state index in [1.165, 1.54) is 13.8 Å². The lowest BCUT2D eigenvalue weighted by molar-refractivity contribution is -0.152. The van der Waals surface area contributed by atoms with Gasteiger partial charge in [-0.05, 0) is 26.0 Å². The first-order valence-electron chi connectivity index (χ1n) is 8.63. The summed E-state index contributed by atoms with van der Waals surface area (Å²) in [7, 11) is 0. The normalized spacial score (nSPS) is 12.0. The van der Waals surface area contributed by atoms with Gasteiger partial charge in [0.25, 0.3) is 5.91 Å². The molecule has 0 radical (unpaired) electrons. The predicted molar refractivity (Wildman–Crippen MR) is 102 cm³/mol. The number of ether oxygens (including phenoxy) is 2. The molecule has 0 aliphatic carbocycles. The van der Waals surface area contributed by atoms with Crippen molar-refractivity contribution in [1.82, 2.24) is 15.5 Å². The third-order valence-corrected chi connectivity index (χ3v) is 4.24. The van der Waals surface area contributed by atoms with E-state index in [0.29, 0.717) is 16.5 Å². The van der Waals surface area contributed by atoms with Crippen LogP contribution in [0.15, 0.2) is 28.8 Å². The van der Waals surface area contributed by atoms with Crippen molar-refractivity contribution >= 4 is 34.4 Å². The minimum Gasteiger partial charge on any atom is -0.484 e. The summed E-state index contributed by atoms with van der Waals surface area (Å²) in [6.45, 7) is 5.07. The number of aryl methyl sites for hydroxylation is 1. The van der Waals surface area contributed by atoms with E-state index in [1.54, 1.807) is 18.2 Å². The van der Waals surface area contributed by atoms with Crippen molar-refractivity contribution in [3.63, 3.8) is 0 Å². The average Bonchev–Trinajstić information content (AvgIpc) is 3.22. The lowest BCUT2D eigenvalue weighted by atomic mass is 10.2. The first kappa shape index (κ1) is 19.8. The van der Waals surface area contributed by atoms with Crippen LogP contribution in [0.4, 0.5) is 0 Å². The van der Waals surface area contributed by atoms with Crippen molar-refractivity contribution in [2.75, 3.05) is 0 Å². The zero-order valence-corrected chi connectivity index (χ0v) is 16.4. The number of benzene rings is 1. The highest BCUT2D eigenvalue weighted by atomic mass is 35.5. The number of aromatic amines is 1. The predicted octanol–water partition coefficient (Wildman–Crippen LogP) is 3.26. The van der Waals surface area contributed by atoms with E-state index in [0.717, 1.165) is 22.3 Å². The van der Waals surface area contributed by atoms with Gasteiger partial charge >= 0.3 is 5.97 Å². The van der Waals surface area contributed by atoms with Crippen molar-refractivity contribution in [3.05, 3.63) is 46.4 Å². The molecule has 1 atom stereocenters. The van der Waals surface area contributed by atoms with E-state index in [1.807, 2.05) is 13.0 Å². The van der Waals surface area contributed by atoms with Gasteiger partial charge in [0.2, 0.25) is 0 Å². The fourth-order valence-corrected chi connectivity index (χ4v) is 2.89. The first-order chi connectivity index (χ1) is 13.3. The number of amides is 1. The van der Waals surface area contributed by atoms with Crippen molar-refractivity contribution in [2.24, 2.45) is 0 Å². The van der Waals surface area contributed by atoms with Crippen LogP contribution in [-0.2, 0) is 27.5 Å². The summed E-state index contributed by atoms with van der Waals surface area (Å²) < 4.78 is 15.7. The molecule has 148 valence electrons. The summed E-state index contributed by atoms with van der Waals surface area (Å²) in [5.74, 6) is 0.226. The summed E-state index contributed by atoms with van der Waals surface area (Å²) in [4.78, 5) is 26.1. The van der Waals surface area contributed by atoms with Gasteiger partial charge < -0.3 is 24.3 Å². The van der Waals surface area contributed by atoms with Gasteiger partial charge in [-0.15, -0.1) is 0 Å². The van der Waals surface area contributed by atoms with E-state index in [-0.39, 0.29) is 19.1 Å². The molecule has 1 amide bonds. The van der Waals surface area contributed by atoms with E-state index < -0.39 is 12.1 Å². The summed E-state index contributed by atoms with van der Waals surface area (Å²) >= 11 is 6.30. The summed E-state index contributed by atoms with van der Waals surface area (Å²) in [6, 6.07) is 7.23. The Balaban J connectivity index is 1.66. The number of esters is 1. The molecule has 1 unspecified atom stereocenters. The molecule has 8 nitrogen and oxygen atoms in total. The van der Waals surface area contributed by atoms with Crippen LogP contribution in [-0.4, -0.2) is 28.1 Å². The Hall–Kier alpha value is -3.00. The number of nitrogens with zero attached hydrogens (tertiary/aromatic N) is 1. The number of halogens is 1. The maximum absolute atomic E-state index is 11.9. The molecule has 0 bridgehead atoms. The summed E-state index contributed by atoms with van der Waals surface area (Å²) in [6.07, 6.45) is -0.851. The molecular weight excluding hydrogens is 386 g/mol. The largest absolute Gasteiger partial charge is 0.484 e. The van der Waals surface area contributed by atoms with Gasteiger partial charge in [0.1, 0.15) is 12.4 Å². The number of hydrogen-bond donors (Lipinski definition) is 2. The van der Waals surface area contributed by atoms with Gasteiger partial charge in [-0.3, -0.25) is 9.59 Å². The molecule has 0 saturated heterocycles. The van der Waals surface area contributed by atoms with E-state index in [2.05, 4.69) is 15.5 Å². The maximum atomic E-state index is 11.9. The molecule has 0 saturated carbocycles. The number of carbonyl (C=O) groups is 2. The lowest BCUT2D eigenvalue weighted by Crippen LogP contribution is -2.35. The van der Waals surface area contributed by atoms with E-state index in [9.17, 15) is 9.59 Å². The van der Waals surface area contributed by atoms with Gasteiger partial charge in [0, 0.05) is 35.7 Å². The molecule has 2 aromatic heterocycles. The second-order valence-electron chi connectivity index (χ2n) is 6.36. The van der Waals surface area contributed by atoms with Crippen molar-refractivity contribution < 1.29 is 23.6 Å². The van der Waals surface area contributed by atoms with Gasteiger partial charge in [-0.2, -0.15) is 0 Å². The molecule has 0 aliphatic heterocycles. The van der Waals surface area contributed by atoms with Crippen LogP contribution >= 0.6 is 11.6 Å². The smallest absolute Gasteiger partial charge is 0.303 e. The number of aromatic nitrogens is 2. The number of nitrogens with one attached hydrogen (secondary N) is 2. The van der Waals surface area contributed by atoms with E-state index >= 15 is 0 Å². The Labute approximate surface area is 166 Å². The molecule has 2 N–H and O–H groups in total. The Kier molecular flexibility index (Phi) is 5.89. The van der Waals surface area contributed by atoms with Gasteiger partial charge in [0.15, 0.2) is 11.9 Å². The molecule has 2 heterocycles. The summed E-state index contributed by atoms with van der Waals surface area (Å²) in [5.41, 5.74) is 2.36. The van der Waals surface area contributed by atoms with Crippen LogP contribution in [0.5, 0.6) is 5.75 Å². The standard InChI is InChI=1S/C19H20ClN3O5/c1-10-4-15(28-23-10)9-26-18-7-17-13(6-16(18)20)5-14(22-17)8-21-19(25)11(2)27-12(3)24/h4-7,11,22H,8-9H2,1-3H3,(H,21,25). The molecule has 3 aromatic rings. The highest BCUT2D eigenvalue weighted by molar-refractivity contribution is 6.32. The zero-order valence-electron chi connectivity index (χ0n) is 15.7. The molecule has 0 aliphatic rings. The molecule has 28 heavy (non-hydrogen) atoms. The highest BCUT2D eigenvalue weighted by Gasteiger charge is 2.16.